The average Bonchev–Trinajstić information content (AvgIpc) is 2.72. The maximum atomic E-state index is 12.5. The predicted octanol–water partition coefficient (Wildman–Crippen LogP) is 2.47. The van der Waals surface area contributed by atoms with Gasteiger partial charge in [-0.25, -0.2) is 8.42 Å². The third-order valence-electron chi connectivity index (χ3n) is 4.78. The number of aromatic hydroxyl groups is 1. The molecule has 6 nitrogen and oxygen atoms in total. The second-order valence-electron chi connectivity index (χ2n) is 6.67. The van der Waals surface area contributed by atoms with Gasteiger partial charge in [-0.05, 0) is 29.7 Å². The van der Waals surface area contributed by atoms with Crippen molar-refractivity contribution in [1.29, 1.82) is 0 Å². The van der Waals surface area contributed by atoms with Crippen LogP contribution in [0.4, 0.5) is 0 Å². The van der Waals surface area contributed by atoms with Crippen LogP contribution in [0.1, 0.15) is 17.5 Å². The molecule has 2 aromatic carbocycles. The molecule has 2 aromatic rings. The minimum Gasteiger partial charge on any atom is -0.508 e. The van der Waals surface area contributed by atoms with Crippen LogP contribution in [0.2, 0.25) is 0 Å². The summed E-state index contributed by atoms with van der Waals surface area (Å²) in [6, 6.07) is 16.2. The molecule has 1 saturated heterocycles. The number of amides is 1. The quantitative estimate of drug-likeness (QED) is 0.808. The van der Waals surface area contributed by atoms with Crippen LogP contribution in [0.15, 0.2) is 60.0 Å². The van der Waals surface area contributed by atoms with E-state index in [-0.39, 0.29) is 31.2 Å². The largest absolute Gasteiger partial charge is 0.508 e. The second-order valence-corrected chi connectivity index (χ2v) is 8.49. The number of nitrogens with zero attached hydrogens (tertiary/aromatic N) is 2. The van der Waals surface area contributed by atoms with E-state index in [1.54, 1.807) is 29.2 Å². The first-order valence-corrected chi connectivity index (χ1v) is 10.7. The number of sulfonamides is 1. The zero-order valence-electron chi connectivity index (χ0n) is 15.6. The summed E-state index contributed by atoms with van der Waals surface area (Å²) in [6.07, 6.45) is 2.33. The zero-order chi connectivity index (χ0) is 20.0. The number of aryl methyl sites for hydroxylation is 1. The van der Waals surface area contributed by atoms with Crippen molar-refractivity contribution in [1.82, 2.24) is 9.21 Å². The first-order valence-electron chi connectivity index (χ1n) is 9.24. The van der Waals surface area contributed by atoms with Gasteiger partial charge in [-0.3, -0.25) is 4.79 Å². The zero-order valence-corrected chi connectivity index (χ0v) is 16.4. The Hall–Kier alpha value is -2.64. The Morgan fingerprint density at radius 1 is 0.964 bits per heavy atom. The number of carbonyl (C=O) groups excluding carboxylic acids is 1. The van der Waals surface area contributed by atoms with Crippen LogP contribution in [-0.4, -0.2) is 54.8 Å². The van der Waals surface area contributed by atoms with Crippen molar-refractivity contribution >= 4 is 22.0 Å². The molecule has 148 valence electrons. The molecular formula is C21H24N2O4S. The van der Waals surface area contributed by atoms with E-state index in [9.17, 15) is 18.3 Å². The van der Waals surface area contributed by atoms with Crippen molar-refractivity contribution in [2.75, 3.05) is 26.2 Å². The Bertz CT molecular complexity index is 934. The van der Waals surface area contributed by atoms with Crippen LogP contribution in [0, 0.1) is 0 Å². The molecule has 0 atom stereocenters. The standard InChI is InChI=1S/C21H24N2O4S/c24-20-9-5-4-8-19(20)10-11-21(25)22-13-15-23(16-14-22)28(26,27)17-12-18-6-2-1-3-7-18/h1-9,12,17,24H,10-11,13-16H2/b17-12+. The van der Waals surface area contributed by atoms with Crippen LogP contribution in [0.5, 0.6) is 5.75 Å². The molecule has 7 heteroatoms. The van der Waals surface area contributed by atoms with Gasteiger partial charge in [-0.15, -0.1) is 0 Å². The van der Waals surface area contributed by atoms with Crippen LogP contribution in [0.25, 0.3) is 6.08 Å². The lowest BCUT2D eigenvalue weighted by Gasteiger charge is -2.33. The predicted molar refractivity (Wildman–Crippen MR) is 109 cm³/mol. The molecule has 1 aliphatic heterocycles. The molecule has 0 aromatic heterocycles. The summed E-state index contributed by atoms with van der Waals surface area (Å²) in [4.78, 5) is 14.1. The van der Waals surface area contributed by atoms with Gasteiger partial charge in [0.1, 0.15) is 5.75 Å². The number of piperazine rings is 1. The number of phenols is 1. The molecule has 1 heterocycles. The Morgan fingerprint density at radius 2 is 1.61 bits per heavy atom. The summed E-state index contributed by atoms with van der Waals surface area (Å²) in [5, 5.41) is 11.0. The Balaban J connectivity index is 1.51. The fraction of sp³-hybridized carbons (Fsp3) is 0.286. The van der Waals surface area contributed by atoms with E-state index in [0.29, 0.717) is 19.5 Å². The number of hydrogen-bond donors (Lipinski definition) is 1. The number of para-hydroxylation sites is 1. The number of benzene rings is 2. The SMILES string of the molecule is O=C(CCc1ccccc1O)N1CCN(S(=O)(=O)/C=C/c2ccccc2)CC1. The van der Waals surface area contributed by atoms with Crippen LogP contribution in [-0.2, 0) is 21.2 Å². The first kappa shape index (κ1) is 20.1. The summed E-state index contributed by atoms with van der Waals surface area (Å²) in [5.74, 6) is 0.163. The van der Waals surface area contributed by atoms with Crippen LogP contribution < -0.4 is 0 Å². The maximum absolute atomic E-state index is 12.5. The molecule has 28 heavy (non-hydrogen) atoms. The van der Waals surface area contributed by atoms with Crippen molar-refractivity contribution in [3.05, 3.63) is 71.1 Å². The normalized spacial score (nSPS) is 15.8. The van der Waals surface area contributed by atoms with Gasteiger partial charge in [0.25, 0.3) is 0 Å². The van der Waals surface area contributed by atoms with Crippen molar-refractivity contribution < 1.29 is 18.3 Å². The third-order valence-corrected chi connectivity index (χ3v) is 6.35. The maximum Gasteiger partial charge on any atom is 0.236 e. The van der Waals surface area contributed by atoms with Gasteiger partial charge in [0.15, 0.2) is 0 Å². The fourth-order valence-electron chi connectivity index (χ4n) is 3.13. The minimum absolute atomic E-state index is 0.0277. The first-order chi connectivity index (χ1) is 13.5. The lowest BCUT2D eigenvalue weighted by atomic mass is 10.1. The molecule has 1 aliphatic rings. The molecule has 1 N–H and O–H groups in total. The lowest BCUT2D eigenvalue weighted by molar-refractivity contribution is -0.132. The summed E-state index contributed by atoms with van der Waals surface area (Å²) >= 11 is 0. The summed E-state index contributed by atoms with van der Waals surface area (Å²) in [7, 11) is -3.51. The topological polar surface area (TPSA) is 77.9 Å². The van der Waals surface area contributed by atoms with Crippen molar-refractivity contribution in [2.45, 2.75) is 12.8 Å². The van der Waals surface area contributed by atoms with Gasteiger partial charge < -0.3 is 10.0 Å². The van der Waals surface area contributed by atoms with E-state index in [4.69, 9.17) is 0 Å². The highest BCUT2D eigenvalue weighted by Gasteiger charge is 2.27. The van der Waals surface area contributed by atoms with Crippen LogP contribution >= 0.6 is 0 Å². The van der Waals surface area contributed by atoms with E-state index in [2.05, 4.69) is 0 Å². The summed E-state index contributed by atoms with van der Waals surface area (Å²) in [5.41, 5.74) is 1.56. The molecule has 1 amide bonds. The molecular weight excluding hydrogens is 376 g/mol. The van der Waals surface area contributed by atoms with E-state index in [1.807, 2.05) is 36.4 Å². The molecule has 0 unspecified atom stereocenters. The van der Waals surface area contributed by atoms with Gasteiger partial charge in [-0.2, -0.15) is 4.31 Å². The molecule has 0 bridgehead atoms. The highest BCUT2D eigenvalue weighted by atomic mass is 32.2. The number of rotatable bonds is 6. The molecule has 3 rings (SSSR count). The van der Waals surface area contributed by atoms with Gasteiger partial charge in [0, 0.05) is 38.0 Å². The Labute approximate surface area is 165 Å². The Morgan fingerprint density at radius 3 is 2.29 bits per heavy atom. The monoisotopic (exact) mass is 400 g/mol. The smallest absolute Gasteiger partial charge is 0.236 e. The molecule has 0 radical (unpaired) electrons. The lowest BCUT2D eigenvalue weighted by Crippen LogP contribution is -2.50. The molecule has 0 saturated carbocycles. The van der Waals surface area contributed by atoms with Gasteiger partial charge in [-0.1, -0.05) is 48.5 Å². The third kappa shape index (κ3) is 5.21. The van der Waals surface area contributed by atoms with Gasteiger partial charge in [0.05, 0.1) is 0 Å². The van der Waals surface area contributed by atoms with Gasteiger partial charge in [0.2, 0.25) is 15.9 Å². The van der Waals surface area contributed by atoms with E-state index in [1.165, 1.54) is 9.71 Å². The van der Waals surface area contributed by atoms with Crippen molar-refractivity contribution in [2.24, 2.45) is 0 Å². The molecule has 1 fully saturated rings. The van der Waals surface area contributed by atoms with Crippen LogP contribution in [0.3, 0.4) is 0 Å². The fourth-order valence-corrected chi connectivity index (χ4v) is 4.30. The Kier molecular flexibility index (Phi) is 6.49. The number of carbonyl (C=O) groups is 1. The van der Waals surface area contributed by atoms with E-state index in [0.717, 1.165) is 11.1 Å². The number of hydrogen-bond acceptors (Lipinski definition) is 4. The highest BCUT2D eigenvalue weighted by Crippen LogP contribution is 2.18. The van der Waals surface area contributed by atoms with E-state index >= 15 is 0 Å². The van der Waals surface area contributed by atoms with Gasteiger partial charge >= 0.3 is 0 Å². The molecule has 0 spiro atoms. The highest BCUT2D eigenvalue weighted by molar-refractivity contribution is 7.92. The second kappa shape index (κ2) is 9.03. The molecule has 0 aliphatic carbocycles. The average molecular weight is 401 g/mol. The van der Waals surface area contributed by atoms with E-state index < -0.39 is 10.0 Å². The number of phenolic OH excluding ortho intramolecular Hbond substituents is 1. The minimum atomic E-state index is -3.51. The van der Waals surface area contributed by atoms with Crippen molar-refractivity contribution in [3.63, 3.8) is 0 Å². The summed E-state index contributed by atoms with van der Waals surface area (Å²) < 4.78 is 26.4. The van der Waals surface area contributed by atoms with Crippen molar-refractivity contribution in [3.8, 4) is 5.75 Å². The summed E-state index contributed by atoms with van der Waals surface area (Å²) in [6.45, 7) is 1.31.